The molecule has 1 aromatic carbocycles. The first-order valence-electron chi connectivity index (χ1n) is 5.49. The van der Waals surface area contributed by atoms with E-state index >= 15 is 0 Å². The van der Waals surface area contributed by atoms with Crippen LogP contribution >= 0.6 is 23.2 Å². The quantitative estimate of drug-likeness (QED) is 0.911. The molecule has 0 saturated heterocycles. The lowest BCUT2D eigenvalue weighted by Crippen LogP contribution is -2.23. The summed E-state index contributed by atoms with van der Waals surface area (Å²) >= 11 is 11.8. The van der Waals surface area contributed by atoms with Gasteiger partial charge < -0.3 is 9.15 Å². The van der Waals surface area contributed by atoms with Crippen LogP contribution in [0.5, 0.6) is 5.75 Å². The molecule has 1 N–H and O–H groups in total. The Labute approximate surface area is 126 Å². The minimum Gasteiger partial charge on any atom is -0.494 e. The van der Waals surface area contributed by atoms with E-state index in [0.717, 1.165) is 0 Å². The van der Waals surface area contributed by atoms with Crippen molar-refractivity contribution in [3.8, 4) is 5.75 Å². The van der Waals surface area contributed by atoms with E-state index < -0.39 is 10.0 Å². The number of hydrogen-bond donors (Lipinski definition) is 1. The van der Waals surface area contributed by atoms with Gasteiger partial charge in [-0.05, 0) is 24.3 Å². The molecule has 1 heterocycles. The van der Waals surface area contributed by atoms with Crippen molar-refractivity contribution >= 4 is 33.2 Å². The first kappa shape index (κ1) is 15.2. The largest absolute Gasteiger partial charge is 0.494 e. The molecule has 5 nitrogen and oxygen atoms in total. The number of sulfonamides is 1. The zero-order valence-corrected chi connectivity index (χ0v) is 12.7. The number of hydrogen-bond acceptors (Lipinski definition) is 4. The Balaban J connectivity index is 2.33. The fourth-order valence-corrected chi connectivity index (χ4v) is 3.49. The lowest BCUT2D eigenvalue weighted by Gasteiger charge is -2.12. The fraction of sp³-hybridized carbons (Fsp3) is 0.167. The molecule has 1 aromatic heterocycles. The van der Waals surface area contributed by atoms with Crippen LogP contribution < -0.4 is 9.46 Å². The van der Waals surface area contributed by atoms with E-state index in [1.807, 2.05) is 0 Å². The van der Waals surface area contributed by atoms with Crippen LogP contribution in [0.3, 0.4) is 0 Å². The molecule has 2 aromatic rings. The number of benzene rings is 1. The number of nitrogens with one attached hydrogen (secondary N) is 1. The van der Waals surface area contributed by atoms with Gasteiger partial charge in [0.15, 0.2) is 5.75 Å². The molecule has 0 radical (unpaired) electrons. The van der Waals surface area contributed by atoms with Gasteiger partial charge in [-0.15, -0.1) is 0 Å². The third-order valence-corrected chi connectivity index (χ3v) is 4.39. The molecular formula is C12H11Cl2NO4S. The minimum absolute atomic E-state index is 0.0165. The number of furan rings is 1. The van der Waals surface area contributed by atoms with Crippen molar-refractivity contribution < 1.29 is 17.6 Å². The van der Waals surface area contributed by atoms with Crippen LogP contribution in [0.15, 0.2) is 39.8 Å². The van der Waals surface area contributed by atoms with Crippen LogP contribution in [0, 0.1) is 0 Å². The van der Waals surface area contributed by atoms with E-state index in [2.05, 4.69) is 4.72 Å². The van der Waals surface area contributed by atoms with Crippen LogP contribution in [0.1, 0.15) is 5.76 Å². The van der Waals surface area contributed by atoms with Crippen LogP contribution in [0.25, 0.3) is 0 Å². The first-order valence-corrected chi connectivity index (χ1v) is 7.73. The second kappa shape index (κ2) is 6.05. The Kier molecular flexibility index (Phi) is 4.59. The second-order valence-corrected chi connectivity index (χ2v) is 6.40. The van der Waals surface area contributed by atoms with E-state index in [1.165, 1.54) is 25.5 Å². The summed E-state index contributed by atoms with van der Waals surface area (Å²) in [6, 6.07) is 6.01. The topological polar surface area (TPSA) is 68.5 Å². The number of methoxy groups -OCH3 is 1. The van der Waals surface area contributed by atoms with Gasteiger partial charge in [0.1, 0.15) is 10.7 Å². The maximum absolute atomic E-state index is 12.3. The molecule has 0 aliphatic rings. The molecule has 0 atom stereocenters. The Hall–Kier alpha value is -1.21. The minimum atomic E-state index is -3.83. The summed E-state index contributed by atoms with van der Waals surface area (Å²) in [5.74, 6) is 0.531. The monoisotopic (exact) mass is 335 g/mol. The van der Waals surface area contributed by atoms with E-state index in [0.29, 0.717) is 5.76 Å². The van der Waals surface area contributed by atoms with Crippen molar-refractivity contribution in [2.75, 3.05) is 7.11 Å². The molecule has 0 saturated carbocycles. The molecular weight excluding hydrogens is 325 g/mol. The Bertz CT molecular complexity index is 698. The number of halogens is 2. The second-order valence-electron chi connectivity index (χ2n) is 3.82. The normalized spacial score (nSPS) is 11.6. The summed E-state index contributed by atoms with van der Waals surface area (Å²) in [6.07, 6.45) is 1.46. The number of ether oxygens (including phenoxy) is 1. The van der Waals surface area contributed by atoms with Crippen LogP contribution in [0.2, 0.25) is 10.0 Å². The molecule has 0 spiro atoms. The van der Waals surface area contributed by atoms with E-state index in [-0.39, 0.29) is 27.2 Å². The summed E-state index contributed by atoms with van der Waals surface area (Å²) in [4.78, 5) is -0.121. The number of rotatable bonds is 5. The highest BCUT2D eigenvalue weighted by Gasteiger charge is 2.22. The van der Waals surface area contributed by atoms with Crippen LogP contribution in [0.4, 0.5) is 0 Å². The molecule has 0 bridgehead atoms. The average Bonchev–Trinajstić information content (AvgIpc) is 2.89. The maximum atomic E-state index is 12.3. The SMILES string of the molecule is COc1c(Cl)cc(Cl)cc1S(=O)(=O)NCc1ccco1. The Morgan fingerprint density at radius 1 is 1.35 bits per heavy atom. The van der Waals surface area contributed by atoms with Gasteiger partial charge in [-0.25, -0.2) is 13.1 Å². The highest BCUT2D eigenvalue weighted by molar-refractivity contribution is 7.89. The van der Waals surface area contributed by atoms with Crippen molar-refractivity contribution in [2.45, 2.75) is 11.4 Å². The van der Waals surface area contributed by atoms with Crippen molar-refractivity contribution in [1.29, 1.82) is 0 Å². The average molecular weight is 336 g/mol. The predicted molar refractivity (Wildman–Crippen MR) is 75.7 cm³/mol. The smallest absolute Gasteiger partial charge is 0.244 e. The van der Waals surface area contributed by atoms with E-state index in [1.54, 1.807) is 12.1 Å². The van der Waals surface area contributed by atoms with Gasteiger partial charge in [-0.3, -0.25) is 0 Å². The van der Waals surface area contributed by atoms with Gasteiger partial charge in [-0.2, -0.15) is 0 Å². The van der Waals surface area contributed by atoms with Gasteiger partial charge in [0.2, 0.25) is 10.0 Å². The molecule has 2 rings (SSSR count). The lowest BCUT2D eigenvalue weighted by molar-refractivity contribution is 0.402. The molecule has 0 aliphatic heterocycles. The zero-order valence-electron chi connectivity index (χ0n) is 10.4. The molecule has 0 amide bonds. The molecule has 0 aliphatic carbocycles. The Morgan fingerprint density at radius 3 is 2.70 bits per heavy atom. The summed E-state index contributed by atoms with van der Waals surface area (Å²) in [5, 5.41) is 0.326. The first-order chi connectivity index (χ1) is 9.44. The third-order valence-electron chi connectivity index (χ3n) is 2.48. The maximum Gasteiger partial charge on any atom is 0.244 e. The van der Waals surface area contributed by atoms with E-state index in [4.69, 9.17) is 32.4 Å². The summed E-state index contributed by atoms with van der Waals surface area (Å²) < 4.78 is 37.0. The standard InChI is InChI=1S/C12H11Cl2NO4S/c1-18-12-10(14)5-8(13)6-11(12)20(16,17)15-7-9-3-2-4-19-9/h2-6,15H,7H2,1H3. The summed E-state index contributed by atoms with van der Waals surface area (Å²) in [5.41, 5.74) is 0. The summed E-state index contributed by atoms with van der Waals surface area (Å²) in [6.45, 7) is 0.0165. The molecule has 20 heavy (non-hydrogen) atoms. The zero-order chi connectivity index (χ0) is 14.8. The van der Waals surface area contributed by atoms with Gasteiger partial charge in [0.05, 0.1) is 24.9 Å². The van der Waals surface area contributed by atoms with Gasteiger partial charge >= 0.3 is 0 Å². The fourth-order valence-electron chi connectivity index (χ4n) is 1.59. The Morgan fingerprint density at radius 2 is 2.10 bits per heavy atom. The van der Waals surface area contributed by atoms with Crippen molar-refractivity contribution in [1.82, 2.24) is 4.72 Å². The van der Waals surface area contributed by atoms with Crippen LogP contribution in [-0.2, 0) is 16.6 Å². The van der Waals surface area contributed by atoms with Crippen LogP contribution in [-0.4, -0.2) is 15.5 Å². The highest BCUT2D eigenvalue weighted by atomic mass is 35.5. The highest BCUT2D eigenvalue weighted by Crippen LogP contribution is 2.35. The van der Waals surface area contributed by atoms with Gasteiger partial charge in [0.25, 0.3) is 0 Å². The van der Waals surface area contributed by atoms with E-state index in [9.17, 15) is 8.42 Å². The van der Waals surface area contributed by atoms with Gasteiger partial charge in [-0.1, -0.05) is 23.2 Å². The predicted octanol–water partition coefficient (Wildman–Crippen LogP) is 3.07. The van der Waals surface area contributed by atoms with Crippen molar-refractivity contribution in [2.24, 2.45) is 0 Å². The molecule has 0 unspecified atom stereocenters. The third kappa shape index (κ3) is 3.27. The summed E-state index contributed by atoms with van der Waals surface area (Å²) in [7, 11) is -2.49. The molecule has 0 fully saturated rings. The molecule has 108 valence electrons. The van der Waals surface area contributed by atoms with Gasteiger partial charge in [0, 0.05) is 5.02 Å². The molecule has 8 heteroatoms. The van der Waals surface area contributed by atoms with Crippen molar-refractivity contribution in [3.63, 3.8) is 0 Å². The lowest BCUT2D eigenvalue weighted by atomic mass is 10.3. The van der Waals surface area contributed by atoms with Crippen molar-refractivity contribution in [3.05, 3.63) is 46.3 Å².